The van der Waals surface area contributed by atoms with Crippen LogP contribution in [-0.4, -0.2) is 41.1 Å². The van der Waals surface area contributed by atoms with E-state index in [9.17, 15) is 0 Å². The predicted molar refractivity (Wildman–Crippen MR) is 124 cm³/mol. The third kappa shape index (κ3) is 7.18. The fourth-order valence-electron chi connectivity index (χ4n) is 3.42. The van der Waals surface area contributed by atoms with Crippen molar-refractivity contribution >= 4 is 29.9 Å². The maximum absolute atomic E-state index is 4.75. The summed E-state index contributed by atoms with van der Waals surface area (Å²) >= 11 is 0. The van der Waals surface area contributed by atoms with Crippen molar-refractivity contribution in [1.82, 2.24) is 20.1 Å². The highest BCUT2D eigenvalue weighted by molar-refractivity contribution is 14.0. The van der Waals surface area contributed by atoms with E-state index < -0.39 is 0 Å². The maximum atomic E-state index is 4.75. The van der Waals surface area contributed by atoms with Crippen LogP contribution >= 0.6 is 24.0 Å². The zero-order valence-electron chi connectivity index (χ0n) is 16.4. The van der Waals surface area contributed by atoms with Crippen LogP contribution in [0.15, 0.2) is 53.8 Å². The van der Waals surface area contributed by atoms with E-state index in [-0.39, 0.29) is 24.0 Å². The first-order valence-corrected chi connectivity index (χ1v) is 9.65. The molecule has 0 unspecified atom stereocenters. The molecule has 0 radical (unpaired) electrons. The highest BCUT2D eigenvalue weighted by Crippen LogP contribution is 2.14. The molecule has 0 saturated carbocycles. The van der Waals surface area contributed by atoms with Crippen LogP contribution in [0, 0.1) is 0 Å². The minimum atomic E-state index is 0. The van der Waals surface area contributed by atoms with Crippen LogP contribution < -0.4 is 10.6 Å². The van der Waals surface area contributed by atoms with Crippen molar-refractivity contribution in [2.45, 2.75) is 38.9 Å². The molecule has 2 aromatic rings. The van der Waals surface area contributed by atoms with Gasteiger partial charge >= 0.3 is 0 Å². The Morgan fingerprint density at radius 3 is 2.48 bits per heavy atom. The summed E-state index contributed by atoms with van der Waals surface area (Å²) in [5.74, 6) is 0.929. The molecule has 2 heterocycles. The number of piperidine rings is 1. The number of guanidine groups is 1. The van der Waals surface area contributed by atoms with Gasteiger partial charge < -0.3 is 15.2 Å². The van der Waals surface area contributed by atoms with Gasteiger partial charge in [0.25, 0.3) is 0 Å². The lowest BCUT2D eigenvalue weighted by Gasteiger charge is -2.33. The van der Waals surface area contributed by atoms with E-state index in [0.29, 0.717) is 12.6 Å². The average molecular weight is 481 g/mol. The first-order chi connectivity index (χ1) is 12.7. The summed E-state index contributed by atoms with van der Waals surface area (Å²) in [5, 5.41) is 7.00. The molecule has 0 spiro atoms. The number of hydrogen-bond acceptors (Lipinski definition) is 2. The number of halogens is 1. The van der Waals surface area contributed by atoms with Crippen molar-refractivity contribution in [3.8, 4) is 0 Å². The smallest absolute Gasteiger partial charge is 0.191 e. The van der Waals surface area contributed by atoms with E-state index in [1.165, 1.54) is 11.1 Å². The van der Waals surface area contributed by atoms with Crippen molar-refractivity contribution < 1.29 is 0 Å². The predicted octanol–water partition coefficient (Wildman–Crippen LogP) is 3.36. The van der Waals surface area contributed by atoms with Crippen molar-refractivity contribution in [2.75, 3.05) is 19.6 Å². The summed E-state index contributed by atoms with van der Waals surface area (Å²) in [5.41, 5.74) is 2.64. The van der Waals surface area contributed by atoms with Crippen LogP contribution in [0.25, 0.3) is 0 Å². The fraction of sp³-hybridized carbons (Fsp3) is 0.476. The van der Waals surface area contributed by atoms with Crippen LogP contribution in [-0.2, 0) is 20.1 Å². The summed E-state index contributed by atoms with van der Waals surface area (Å²) in [4.78, 5) is 7.29. The Morgan fingerprint density at radius 2 is 1.85 bits per heavy atom. The van der Waals surface area contributed by atoms with Crippen molar-refractivity contribution in [3.63, 3.8) is 0 Å². The number of likely N-dealkylation sites (tertiary alicyclic amines) is 1. The molecule has 1 saturated heterocycles. The Bertz CT molecular complexity index is 690. The second-order valence-electron chi connectivity index (χ2n) is 7.06. The lowest BCUT2D eigenvalue weighted by molar-refractivity contribution is 0.198. The molecule has 0 aliphatic carbocycles. The molecule has 5 nitrogen and oxygen atoms in total. The van der Waals surface area contributed by atoms with Crippen molar-refractivity contribution in [1.29, 1.82) is 0 Å². The van der Waals surface area contributed by atoms with Gasteiger partial charge in [-0.15, -0.1) is 24.0 Å². The van der Waals surface area contributed by atoms with Gasteiger partial charge in [0.15, 0.2) is 5.96 Å². The first kappa shape index (κ1) is 21.8. The first-order valence-electron chi connectivity index (χ1n) is 9.65. The zero-order valence-corrected chi connectivity index (χ0v) is 18.7. The van der Waals surface area contributed by atoms with Gasteiger partial charge in [-0.3, -0.25) is 4.90 Å². The summed E-state index contributed by atoms with van der Waals surface area (Å²) in [6.07, 6.45) is 6.49. The number of aryl methyl sites for hydroxylation is 1. The number of aliphatic imine (C=N–C) groups is 1. The normalized spacial score (nSPS) is 16.0. The minimum Gasteiger partial charge on any atom is -0.357 e. The molecule has 27 heavy (non-hydrogen) atoms. The fourth-order valence-corrected chi connectivity index (χ4v) is 3.42. The van der Waals surface area contributed by atoms with Gasteiger partial charge in [-0.25, -0.2) is 4.99 Å². The molecule has 1 fully saturated rings. The molecule has 3 rings (SSSR count). The summed E-state index contributed by atoms with van der Waals surface area (Å²) in [6, 6.07) is 13.4. The van der Waals surface area contributed by atoms with E-state index >= 15 is 0 Å². The molecule has 148 valence electrons. The van der Waals surface area contributed by atoms with E-state index in [0.717, 1.165) is 45.0 Å². The zero-order chi connectivity index (χ0) is 18.2. The third-order valence-electron chi connectivity index (χ3n) is 4.83. The summed E-state index contributed by atoms with van der Waals surface area (Å²) in [6.45, 7) is 7.02. The Balaban J connectivity index is 0.00000261. The van der Waals surface area contributed by atoms with Gasteiger partial charge in [0.1, 0.15) is 0 Å². The molecule has 0 bridgehead atoms. The number of nitrogens with one attached hydrogen (secondary N) is 2. The Kier molecular flexibility index (Phi) is 9.14. The lowest BCUT2D eigenvalue weighted by atomic mass is 10.0. The number of benzene rings is 1. The summed E-state index contributed by atoms with van der Waals surface area (Å²) in [7, 11) is 2.04. The quantitative estimate of drug-likeness (QED) is 0.378. The van der Waals surface area contributed by atoms with Crippen LogP contribution in [0.1, 0.15) is 30.9 Å². The topological polar surface area (TPSA) is 44.6 Å². The highest BCUT2D eigenvalue weighted by Gasteiger charge is 2.20. The average Bonchev–Trinajstić information content (AvgIpc) is 3.08. The maximum Gasteiger partial charge on any atom is 0.191 e. The van der Waals surface area contributed by atoms with Crippen molar-refractivity contribution in [2.24, 2.45) is 12.0 Å². The number of rotatable bonds is 6. The monoisotopic (exact) mass is 481 g/mol. The van der Waals surface area contributed by atoms with Gasteiger partial charge in [0.2, 0.25) is 0 Å². The Morgan fingerprint density at radius 1 is 1.11 bits per heavy atom. The lowest BCUT2D eigenvalue weighted by Crippen LogP contribution is -2.48. The van der Waals surface area contributed by atoms with E-state index in [1.807, 2.05) is 7.05 Å². The highest BCUT2D eigenvalue weighted by atomic mass is 127. The standard InChI is InChI=1S/C21H31N5.HI/c1-3-22-21(23-15-19-9-12-25(2)16-19)24-20-10-13-26(14-11-20)17-18-7-5-4-6-8-18;/h4-9,12,16,20H,3,10-11,13-15,17H2,1-2H3,(H2,22,23,24);1H. The number of nitrogens with zero attached hydrogens (tertiary/aromatic N) is 3. The van der Waals surface area contributed by atoms with Crippen LogP contribution in [0.4, 0.5) is 0 Å². The minimum absolute atomic E-state index is 0. The Labute approximate surface area is 180 Å². The molecular weight excluding hydrogens is 449 g/mol. The van der Waals surface area contributed by atoms with Crippen molar-refractivity contribution in [3.05, 3.63) is 59.9 Å². The molecule has 1 aromatic heterocycles. The molecule has 0 atom stereocenters. The number of aromatic nitrogens is 1. The van der Waals surface area contributed by atoms with E-state index in [4.69, 9.17) is 4.99 Å². The van der Waals surface area contributed by atoms with Crippen LogP contribution in [0.5, 0.6) is 0 Å². The van der Waals surface area contributed by atoms with E-state index in [1.54, 1.807) is 0 Å². The summed E-state index contributed by atoms with van der Waals surface area (Å²) < 4.78 is 2.06. The van der Waals surface area contributed by atoms with Crippen LogP contribution in [0.3, 0.4) is 0 Å². The molecule has 2 N–H and O–H groups in total. The second kappa shape index (κ2) is 11.3. The van der Waals surface area contributed by atoms with E-state index in [2.05, 4.69) is 75.8 Å². The van der Waals surface area contributed by atoms with Gasteiger partial charge in [-0.1, -0.05) is 30.3 Å². The second-order valence-corrected chi connectivity index (χ2v) is 7.06. The van der Waals surface area contributed by atoms with Crippen LogP contribution in [0.2, 0.25) is 0 Å². The molecular formula is C21H32IN5. The largest absolute Gasteiger partial charge is 0.357 e. The molecule has 1 aromatic carbocycles. The molecule has 6 heteroatoms. The Hall–Kier alpha value is -1.54. The molecule has 1 aliphatic heterocycles. The van der Waals surface area contributed by atoms with Gasteiger partial charge in [0.05, 0.1) is 6.54 Å². The van der Waals surface area contributed by atoms with Gasteiger partial charge in [-0.2, -0.15) is 0 Å². The SMILES string of the molecule is CCNC(=NCc1ccn(C)c1)NC1CCN(Cc2ccccc2)CC1.I. The molecule has 0 amide bonds. The van der Waals surface area contributed by atoms with Gasteiger partial charge in [0, 0.05) is 51.7 Å². The third-order valence-corrected chi connectivity index (χ3v) is 4.83. The number of hydrogen-bond donors (Lipinski definition) is 2. The van der Waals surface area contributed by atoms with Gasteiger partial charge in [-0.05, 0) is 37.0 Å². The molecule has 1 aliphatic rings.